The Labute approximate surface area is 195 Å². The average Bonchev–Trinajstić information content (AvgIpc) is 3.45. The first-order valence-electron chi connectivity index (χ1n) is 10.2. The van der Waals surface area contributed by atoms with E-state index in [1.807, 2.05) is 37.0 Å². The third kappa shape index (κ3) is 4.80. The summed E-state index contributed by atoms with van der Waals surface area (Å²) in [6.07, 6.45) is 2.24. The van der Waals surface area contributed by atoms with E-state index in [9.17, 15) is 4.79 Å². The fourth-order valence-electron chi connectivity index (χ4n) is 3.81. The van der Waals surface area contributed by atoms with Crippen LogP contribution in [0.25, 0.3) is 11.3 Å². The standard InChI is InChI=1S/C22H24Cl2N4O2S/c1-13-18(14(2)27(3)26-13)10-21(29)28(11-16-5-4-8-30-16)22-25-20(12-31-22)17-7-6-15(23)9-19(17)24/h6-7,9,12,16H,4-5,8,10-11H2,1-3H3. The smallest absolute Gasteiger partial charge is 0.233 e. The third-order valence-electron chi connectivity index (χ3n) is 5.63. The molecule has 164 valence electrons. The van der Waals surface area contributed by atoms with E-state index >= 15 is 0 Å². The lowest BCUT2D eigenvalue weighted by atomic mass is 10.1. The third-order valence-corrected chi connectivity index (χ3v) is 7.04. The molecular weight excluding hydrogens is 455 g/mol. The predicted octanol–water partition coefficient (Wildman–Crippen LogP) is 5.22. The van der Waals surface area contributed by atoms with E-state index in [0.29, 0.717) is 21.7 Å². The van der Waals surface area contributed by atoms with Gasteiger partial charge in [0.05, 0.1) is 35.5 Å². The number of ether oxygens (including phenoxy) is 1. The molecule has 1 amide bonds. The second-order valence-electron chi connectivity index (χ2n) is 7.73. The highest BCUT2D eigenvalue weighted by molar-refractivity contribution is 7.14. The van der Waals surface area contributed by atoms with Crippen molar-refractivity contribution in [1.82, 2.24) is 14.8 Å². The molecule has 1 saturated heterocycles. The second kappa shape index (κ2) is 9.28. The number of benzene rings is 1. The molecule has 0 spiro atoms. The molecule has 1 unspecified atom stereocenters. The van der Waals surface area contributed by atoms with E-state index in [2.05, 4.69) is 5.10 Å². The Morgan fingerprint density at radius 3 is 2.81 bits per heavy atom. The van der Waals surface area contributed by atoms with Gasteiger partial charge in [0.15, 0.2) is 5.13 Å². The molecule has 0 radical (unpaired) electrons. The van der Waals surface area contributed by atoms with Gasteiger partial charge in [-0.3, -0.25) is 14.4 Å². The fraction of sp³-hybridized carbons (Fsp3) is 0.409. The summed E-state index contributed by atoms with van der Waals surface area (Å²) in [6.45, 7) is 5.14. The minimum Gasteiger partial charge on any atom is -0.376 e. The van der Waals surface area contributed by atoms with Crippen molar-refractivity contribution >= 4 is 45.6 Å². The Morgan fingerprint density at radius 2 is 2.16 bits per heavy atom. The molecule has 4 rings (SSSR count). The Bertz CT molecular complexity index is 1110. The fourth-order valence-corrected chi connectivity index (χ4v) is 5.16. The summed E-state index contributed by atoms with van der Waals surface area (Å²) < 4.78 is 7.62. The Balaban J connectivity index is 1.63. The highest BCUT2D eigenvalue weighted by Crippen LogP contribution is 2.34. The van der Waals surface area contributed by atoms with Crippen LogP contribution in [0.4, 0.5) is 5.13 Å². The number of carbonyl (C=O) groups is 1. The normalized spacial score (nSPS) is 16.1. The van der Waals surface area contributed by atoms with Crippen molar-refractivity contribution < 1.29 is 9.53 Å². The number of nitrogens with zero attached hydrogens (tertiary/aromatic N) is 4. The summed E-state index contributed by atoms with van der Waals surface area (Å²) in [7, 11) is 1.89. The Morgan fingerprint density at radius 1 is 1.35 bits per heavy atom. The number of carbonyl (C=O) groups excluding carboxylic acids is 1. The molecule has 6 nitrogen and oxygen atoms in total. The molecule has 9 heteroatoms. The van der Waals surface area contributed by atoms with Crippen molar-refractivity contribution in [3.63, 3.8) is 0 Å². The van der Waals surface area contributed by atoms with E-state index in [-0.39, 0.29) is 18.4 Å². The van der Waals surface area contributed by atoms with Crippen LogP contribution in [0.1, 0.15) is 29.8 Å². The highest BCUT2D eigenvalue weighted by atomic mass is 35.5. The first-order valence-corrected chi connectivity index (χ1v) is 11.8. The van der Waals surface area contributed by atoms with Crippen LogP contribution in [0.3, 0.4) is 0 Å². The molecule has 0 aliphatic carbocycles. The van der Waals surface area contributed by atoms with E-state index < -0.39 is 0 Å². The minimum absolute atomic E-state index is 0.0159. The van der Waals surface area contributed by atoms with Gasteiger partial charge in [-0.25, -0.2) is 4.98 Å². The maximum absolute atomic E-state index is 13.4. The number of aromatic nitrogens is 3. The summed E-state index contributed by atoms with van der Waals surface area (Å²) in [5.74, 6) is -0.0159. The maximum Gasteiger partial charge on any atom is 0.233 e. The molecule has 1 aliphatic rings. The molecule has 1 fully saturated rings. The topological polar surface area (TPSA) is 60.2 Å². The van der Waals surface area contributed by atoms with E-state index in [1.54, 1.807) is 17.0 Å². The van der Waals surface area contributed by atoms with Gasteiger partial charge < -0.3 is 4.74 Å². The van der Waals surface area contributed by atoms with Gasteiger partial charge in [-0.1, -0.05) is 23.2 Å². The van der Waals surface area contributed by atoms with Crippen molar-refractivity contribution in [3.05, 3.63) is 50.6 Å². The van der Waals surface area contributed by atoms with Crippen LogP contribution in [0.5, 0.6) is 0 Å². The number of hydrogen-bond donors (Lipinski definition) is 0. The van der Waals surface area contributed by atoms with Gasteiger partial charge in [-0.15, -0.1) is 11.3 Å². The predicted molar refractivity (Wildman–Crippen MR) is 125 cm³/mol. The SMILES string of the molecule is Cc1nn(C)c(C)c1CC(=O)N(CC1CCCO1)c1nc(-c2ccc(Cl)cc2Cl)cs1. The van der Waals surface area contributed by atoms with Gasteiger partial charge in [-0.05, 0) is 44.9 Å². The zero-order valence-corrected chi connectivity index (χ0v) is 20.0. The van der Waals surface area contributed by atoms with Crippen molar-refractivity contribution in [3.8, 4) is 11.3 Å². The largest absolute Gasteiger partial charge is 0.376 e. The van der Waals surface area contributed by atoms with Crippen LogP contribution in [-0.2, 0) is 23.0 Å². The van der Waals surface area contributed by atoms with Crippen molar-refractivity contribution in [2.24, 2.45) is 7.05 Å². The van der Waals surface area contributed by atoms with Crippen LogP contribution < -0.4 is 4.90 Å². The molecule has 0 bridgehead atoms. The molecule has 0 N–H and O–H groups in total. The second-order valence-corrected chi connectivity index (χ2v) is 9.41. The van der Waals surface area contributed by atoms with Crippen LogP contribution in [-0.4, -0.2) is 39.9 Å². The zero-order chi connectivity index (χ0) is 22.1. The maximum atomic E-state index is 13.4. The summed E-state index contributed by atoms with van der Waals surface area (Å²) in [5, 5.41) is 8.10. The number of anilines is 1. The number of aryl methyl sites for hydroxylation is 2. The molecule has 1 aliphatic heterocycles. The van der Waals surface area contributed by atoms with Crippen LogP contribution >= 0.6 is 34.5 Å². The first-order chi connectivity index (χ1) is 14.8. The molecular formula is C22H24Cl2N4O2S. The van der Waals surface area contributed by atoms with Crippen molar-refractivity contribution in [2.45, 2.75) is 39.2 Å². The lowest BCUT2D eigenvalue weighted by Crippen LogP contribution is -2.38. The van der Waals surface area contributed by atoms with Crippen molar-refractivity contribution in [1.29, 1.82) is 0 Å². The Hall–Kier alpha value is -1.93. The first kappa shape index (κ1) is 22.3. The quantitative estimate of drug-likeness (QED) is 0.486. The number of halogens is 2. The average molecular weight is 479 g/mol. The van der Waals surface area contributed by atoms with Crippen LogP contribution in [0.2, 0.25) is 10.0 Å². The molecule has 2 aromatic heterocycles. The van der Waals surface area contributed by atoms with Gasteiger partial charge in [0.2, 0.25) is 5.91 Å². The highest BCUT2D eigenvalue weighted by Gasteiger charge is 2.27. The van der Waals surface area contributed by atoms with Gasteiger partial charge >= 0.3 is 0 Å². The molecule has 1 aromatic carbocycles. The summed E-state index contributed by atoms with van der Waals surface area (Å²) in [6, 6.07) is 5.32. The molecule has 3 aromatic rings. The molecule has 1 atom stereocenters. The van der Waals surface area contributed by atoms with Crippen LogP contribution in [0.15, 0.2) is 23.6 Å². The number of rotatable bonds is 6. The molecule has 0 saturated carbocycles. The number of thiazole rings is 1. The number of hydrogen-bond acceptors (Lipinski definition) is 5. The van der Waals surface area contributed by atoms with Crippen LogP contribution in [0, 0.1) is 13.8 Å². The monoisotopic (exact) mass is 478 g/mol. The summed E-state index contributed by atoms with van der Waals surface area (Å²) in [5.41, 5.74) is 4.34. The number of amides is 1. The van der Waals surface area contributed by atoms with E-state index in [4.69, 9.17) is 32.9 Å². The van der Waals surface area contributed by atoms with Gasteiger partial charge in [-0.2, -0.15) is 5.10 Å². The van der Waals surface area contributed by atoms with E-state index in [1.165, 1.54) is 11.3 Å². The minimum atomic E-state index is -0.0159. The van der Waals surface area contributed by atoms with E-state index in [0.717, 1.165) is 47.7 Å². The lowest BCUT2D eigenvalue weighted by Gasteiger charge is -2.23. The lowest BCUT2D eigenvalue weighted by molar-refractivity contribution is -0.118. The summed E-state index contributed by atoms with van der Waals surface area (Å²) >= 11 is 13.8. The van der Waals surface area contributed by atoms with Gasteiger partial charge in [0.25, 0.3) is 0 Å². The zero-order valence-electron chi connectivity index (χ0n) is 17.7. The molecule has 31 heavy (non-hydrogen) atoms. The Kier molecular flexibility index (Phi) is 6.67. The van der Waals surface area contributed by atoms with Gasteiger partial charge in [0, 0.05) is 40.9 Å². The van der Waals surface area contributed by atoms with Gasteiger partial charge in [0.1, 0.15) is 0 Å². The summed E-state index contributed by atoms with van der Waals surface area (Å²) in [4.78, 5) is 19.9. The molecule has 3 heterocycles. The van der Waals surface area contributed by atoms with Crippen molar-refractivity contribution in [2.75, 3.05) is 18.1 Å².